The maximum atomic E-state index is 5.95. The molecule has 3 aromatic rings. The Morgan fingerprint density at radius 2 is 1.93 bits per heavy atom. The van der Waals surface area contributed by atoms with Crippen LogP contribution in [-0.2, 0) is 12.8 Å². The van der Waals surface area contributed by atoms with Crippen molar-refractivity contribution in [1.82, 2.24) is 10.3 Å². The van der Waals surface area contributed by atoms with E-state index in [1.165, 1.54) is 18.5 Å². The number of ether oxygens (including phenoxy) is 1. The highest BCUT2D eigenvalue weighted by atomic mass is 16.5. The molecule has 2 heterocycles. The summed E-state index contributed by atoms with van der Waals surface area (Å²) in [4.78, 5) is 4.64. The van der Waals surface area contributed by atoms with Crippen molar-refractivity contribution in [3.63, 3.8) is 0 Å². The van der Waals surface area contributed by atoms with Crippen molar-refractivity contribution in [1.29, 1.82) is 0 Å². The maximum absolute atomic E-state index is 5.95. The van der Waals surface area contributed by atoms with Crippen LogP contribution in [0.2, 0.25) is 0 Å². The molecule has 1 aliphatic heterocycles. The third-order valence-corrected chi connectivity index (χ3v) is 5.91. The first-order valence-corrected chi connectivity index (χ1v) is 10.6. The minimum Gasteiger partial charge on any atom is -0.493 e. The number of benzene rings is 2. The van der Waals surface area contributed by atoms with Crippen LogP contribution < -0.4 is 10.1 Å². The molecule has 0 aliphatic carbocycles. The normalized spacial score (nSPS) is 17.4. The van der Waals surface area contributed by atoms with Crippen LogP contribution in [0.25, 0.3) is 11.5 Å². The number of hydrogen-bond acceptors (Lipinski definition) is 4. The van der Waals surface area contributed by atoms with Crippen molar-refractivity contribution in [3.8, 4) is 17.2 Å². The molecule has 1 aliphatic rings. The fraction of sp³-hybridized carbons (Fsp3) is 0.400. The van der Waals surface area contributed by atoms with Gasteiger partial charge in [-0.25, -0.2) is 4.98 Å². The molecule has 4 rings (SSSR count). The molecule has 2 aromatic carbocycles. The van der Waals surface area contributed by atoms with E-state index in [-0.39, 0.29) is 0 Å². The molecule has 1 saturated heterocycles. The van der Waals surface area contributed by atoms with Gasteiger partial charge in [-0.1, -0.05) is 37.3 Å². The monoisotopic (exact) mass is 390 g/mol. The van der Waals surface area contributed by atoms with Crippen LogP contribution in [0, 0.1) is 18.8 Å². The second-order valence-corrected chi connectivity index (χ2v) is 8.06. The van der Waals surface area contributed by atoms with Crippen LogP contribution in [0.15, 0.2) is 59.0 Å². The Balaban J connectivity index is 1.28. The zero-order valence-electron chi connectivity index (χ0n) is 17.4. The number of oxazole rings is 1. The van der Waals surface area contributed by atoms with Gasteiger partial charge in [-0.2, -0.15) is 0 Å². The maximum Gasteiger partial charge on any atom is 0.226 e. The van der Waals surface area contributed by atoms with Gasteiger partial charge < -0.3 is 14.5 Å². The van der Waals surface area contributed by atoms with Crippen molar-refractivity contribution >= 4 is 0 Å². The van der Waals surface area contributed by atoms with E-state index in [1.54, 1.807) is 0 Å². The second-order valence-electron chi connectivity index (χ2n) is 8.06. The van der Waals surface area contributed by atoms with E-state index < -0.39 is 0 Å². The van der Waals surface area contributed by atoms with Crippen molar-refractivity contribution in [3.05, 3.63) is 71.6 Å². The zero-order valence-corrected chi connectivity index (χ0v) is 17.4. The largest absolute Gasteiger partial charge is 0.493 e. The van der Waals surface area contributed by atoms with Crippen LogP contribution in [0.1, 0.15) is 30.4 Å². The van der Waals surface area contributed by atoms with Crippen LogP contribution in [0.4, 0.5) is 0 Å². The van der Waals surface area contributed by atoms with Gasteiger partial charge in [0.2, 0.25) is 5.89 Å². The molecule has 4 nitrogen and oxygen atoms in total. The molecule has 0 spiro atoms. The summed E-state index contributed by atoms with van der Waals surface area (Å²) < 4.78 is 11.8. The van der Waals surface area contributed by atoms with E-state index >= 15 is 0 Å². The summed E-state index contributed by atoms with van der Waals surface area (Å²) >= 11 is 0. The van der Waals surface area contributed by atoms with Gasteiger partial charge >= 0.3 is 0 Å². The highest BCUT2D eigenvalue weighted by Crippen LogP contribution is 2.24. The van der Waals surface area contributed by atoms with Crippen molar-refractivity contribution < 1.29 is 9.15 Å². The Morgan fingerprint density at radius 3 is 2.66 bits per heavy atom. The molecule has 29 heavy (non-hydrogen) atoms. The van der Waals surface area contributed by atoms with E-state index in [2.05, 4.69) is 41.5 Å². The molecule has 0 amide bonds. The summed E-state index contributed by atoms with van der Waals surface area (Å²) in [6.45, 7) is 7.25. The molecular formula is C25H30N2O2. The predicted octanol–water partition coefficient (Wildman–Crippen LogP) is 5.06. The third kappa shape index (κ3) is 5.07. The van der Waals surface area contributed by atoms with Crippen LogP contribution in [0.5, 0.6) is 5.75 Å². The number of nitrogens with one attached hydrogen (secondary N) is 1. The lowest BCUT2D eigenvalue weighted by molar-refractivity contribution is 0.319. The molecule has 0 bridgehead atoms. The number of hydrogen-bond donors (Lipinski definition) is 1. The van der Waals surface area contributed by atoms with E-state index in [4.69, 9.17) is 9.15 Å². The van der Waals surface area contributed by atoms with E-state index in [0.29, 0.717) is 18.4 Å². The minimum absolute atomic E-state index is 0.588. The van der Waals surface area contributed by atoms with Gasteiger partial charge in [0.05, 0.1) is 12.3 Å². The molecule has 2 atom stereocenters. The predicted molar refractivity (Wildman–Crippen MR) is 116 cm³/mol. The van der Waals surface area contributed by atoms with Crippen molar-refractivity contribution in [2.45, 2.75) is 33.1 Å². The zero-order chi connectivity index (χ0) is 20.1. The number of nitrogens with zero attached hydrogens (tertiary/aromatic N) is 1. The fourth-order valence-corrected chi connectivity index (χ4v) is 4.05. The van der Waals surface area contributed by atoms with E-state index in [9.17, 15) is 0 Å². The molecular weight excluding hydrogens is 360 g/mol. The lowest BCUT2D eigenvalue weighted by atomic mass is 9.88. The number of aromatic nitrogens is 1. The lowest BCUT2D eigenvalue weighted by Crippen LogP contribution is -2.17. The average Bonchev–Trinajstić information content (AvgIpc) is 3.41. The Morgan fingerprint density at radius 1 is 1.14 bits per heavy atom. The molecule has 4 heteroatoms. The first-order chi connectivity index (χ1) is 14.2. The molecule has 0 saturated carbocycles. The first kappa shape index (κ1) is 19.7. The van der Waals surface area contributed by atoms with E-state index in [1.807, 2.05) is 37.3 Å². The van der Waals surface area contributed by atoms with Crippen LogP contribution in [-0.4, -0.2) is 24.7 Å². The van der Waals surface area contributed by atoms with Gasteiger partial charge in [0.15, 0.2) is 0 Å². The Bertz CT molecular complexity index is 896. The molecule has 1 N–H and O–H groups in total. The quantitative estimate of drug-likeness (QED) is 0.584. The Hall–Kier alpha value is -2.59. The third-order valence-electron chi connectivity index (χ3n) is 5.91. The molecule has 1 aromatic heterocycles. The standard InChI is InChI=1S/C25H30N2O2/c1-18(22-12-14-26-17-22)16-20-8-10-23(11-9-20)28-15-13-24-19(2)29-25(27-24)21-6-4-3-5-7-21/h3-11,18,22,26H,12-17H2,1-2H3/t18?,22-/m1/s1. The second kappa shape index (κ2) is 9.27. The molecule has 1 fully saturated rings. The minimum atomic E-state index is 0.588. The average molecular weight is 391 g/mol. The van der Waals surface area contributed by atoms with Gasteiger partial charge in [-0.3, -0.25) is 0 Å². The SMILES string of the molecule is Cc1oc(-c2ccccc2)nc1CCOc1ccc(CC(C)[C@@H]2CCNC2)cc1. The van der Waals surface area contributed by atoms with Gasteiger partial charge in [0, 0.05) is 12.0 Å². The van der Waals surface area contributed by atoms with Crippen molar-refractivity contribution in [2.75, 3.05) is 19.7 Å². The molecule has 152 valence electrons. The summed E-state index contributed by atoms with van der Waals surface area (Å²) in [7, 11) is 0. The number of aryl methyl sites for hydroxylation is 1. The van der Waals surface area contributed by atoms with Crippen molar-refractivity contribution in [2.24, 2.45) is 11.8 Å². The molecule has 1 unspecified atom stereocenters. The highest BCUT2D eigenvalue weighted by Gasteiger charge is 2.21. The van der Waals surface area contributed by atoms with Crippen LogP contribution >= 0.6 is 0 Å². The lowest BCUT2D eigenvalue weighted by Gasteiger charge is -2.18. The van der Waals surface area contributed by atoms with Gasteiger partial charge in [0.25, 0.3) is 0 Å². The Kier molecular flexibility index (Phi) is 6.30. The van der Waals surface area contributed by atoms with Crippen LogP contribution in [0.3, 0.4) is 0 Å². The first-order valence-electron chi connectivity index (χ1n) is 10.6. The smallest absolute Gasteiger partial charge is 0.226 e. The van der Waals surface area contributed by atoms with Gasteiger partial charge in [-0.05, 0) is 74.5 Å². The number of rotatable bonds is 8. The summed E-state index contributed by atoms with van der Waals surface area (Å²) in [5, 5.41) is 3.47. The Labute approximate surface area is 173 Å². The summed E-state index contributed by atoms with van der Waals surface area (Å²) in [6.07, 6.45) is 3.17. The topological polar surface area (TPSA) is 47.3 Å². The highest BCUT2D eigenvalue weighted by molar-refractivity contribution is 5.53. The molecule has 0 radical (unpaired) electrons. The van der Waals surface area contributed by atoms with Gasteiger partial charge in [0.1, 0.15) is 11.5 Å². The summed E-state index contributed by atoms with van der Waals surface area (Å²) in [5.74, 6) is 3.96. The van der Waals surface area contributed by atoms with Gasteiger partial charge in [-0.15, -0.1) is 0 Å². The summed E-state index contributed by atoms with van der Waals surface area (Å²) in [5.41, 5.74) is 3.34. The summed E-state index contributed by atoms with van der Waals surface area (Å²) in [6, 6.07) is 18.6. The fourth-order valence-electron chi connectivity index (χ4n) is 4.05. The van der Waals surface area contributed by atoms with E-state index in [0.717, 1.165) is 48.1 Å².